The fourth-order valence-corrected chi connectivity index (χ4v) is 3.74. The van der Waals surface area contributed by atoms with E-state index in [2.05, 4.69) is 31.6 Å². The molecule has 3 heterocycles. The molecule has 160 valence electrons. The molecule has 0 amide bonds. The summed E-state index contributed by atoms with van der Waals surface area (Å²) in [5.41, 5.74) is 8.29. The molecule has 8 nitrogen and oxygen atoms in total. The van der Waals surface area contributed by atoms with Crippen molar-refractivity contribution in [3.63, 3.8) is 0 Å². The molecule has 0 saturated heterocycles. The van der Waals surface area contributed by atoms with E-state index in [1.807, 2.05) is 31.2 Å². The predicted molar refractivity (Wildman–Crippen MR) is 121 cm³/mol. The Balaban J connectivity index is 1.68. The lowest BCUT2D eigenvalue weighted by atomic mass is 9.94. The summed E-state index contributed by atoms with van der Waals surface area (Å²) < 4.78 is 7.85. The number of aryl methyl sites for hydroxylation is 1. The quantitative estimate of drug-likeness (QED) is 0.628. The average Bonchev–Trinajstić information content (AvgIpc) is 3.12. The molecule has 0 bridgehead atoms. The van der Waals surface area contributed by atoms with Crippen LogP contribution >= 0.6 is 0 Å². The van der Waals surface area contributed by atoms with Gasteiger partial charge in [-0.2, -0.15) is 10.1 Å². The second kappa shape index (κ2) is 9.18. The highest BCUT2D eigenvalue weighted by atomic mass is 16.5. The topological polar surface area (TPSA) is 104 Å². The average molecular weight is 418 g/mol. The van der Waals surface area contributed by atoms with E-state index in [0.717, 1.165) is 41.9 Å². The molecular formula is C23H27N7O. The summed E-state index contributed by atoms with van der Waals surface area (Å²) in [6, 6.07) is 5.86. The lowest BCUT2D eigenvalue weighted by Gasteiger charge is -2.26. The zero-order chi connectivity index (χ0) is 21.8. The summed E-state index contributed by atoms with van der Waals surface area (Å²) >= 11 is 0. The highest BCUT2D eigenvalue weighted by Crippen LogP contribution is 2.22. The first-order valence-corrected chi connectivity index (χ1v) is 10.4. The van der Waals surface area contributed by atoms with Gasteiger partial charge in [-0.15, -0.1) is 0 Å². The Labute approximate surface area is 181 Å². The Morgan fingerprint density at radius 2 is 2.13 bits per heavy atom. The van der Waals surface area contributed by atoms with Crippen molar-refractivity contribution in [1.82, 2.24) is 24.7 Å². The van der Waals surface area contributed by atoms with Crippen LogP contribution < -0.4 is 21.0 Å². The van der Waals surface area contributed by atoms with Gasteiger partial charge in [0, 0.05) is 30.6 Å². The fourth-order valence-electron chi connectivity index (χ4n) is 3.74. The number of hydrogen-bond donors (Lipinski definition) is 1. The highest BCUT2D eigenvalue weighted by molar-refractivity contribution is 6.19. The Morgan fingerprint density at radius 3 is 2.90 bits per heavy atom. The molecular weight excluding hydrogens is 390 g/mol. The molecule has 3 aromatic rings. The van der Waals surface area contributed by atoms with Crippen LogP contribution in [0.5, 0.6) is 5.88 Å². The van der Waals surface area contributed by atoms with Crippen molar-refractivity contribution in [2.24, 2.45) is 10.7 Å². The van der Waals surface area contributed by atoms with Gasteiger partial charge in [0.2, 0.25) is 5.88 Å². The Bertz CT molecular complexity index is 1200. The lowest BCUT2D eigenvalue weighted by molar-refractivity contribution is 0.138. The minimum atomic E-state index is 0.0947. The van der Waals surface area contributed by atoms with Gasteiger partial charge >= 0.3 is 0 Å². The zero-order valence-corrected chi connectivity index (χ0v) is 17.9. The molecule has 2 unspecified atom stereocenters. The van der Waals surface area contributed by atoms with Gasteiger partial charge in [0.05, 0.1) is 29.1 Å². The monoisotopic (exact) mass is 417 g/mol. The molecule has 0 radical (unpaired) electrons. The van der Waals surface area contributed by atoms with Gasteiger partial charge in [-0.25, -0.2) is 9.67 Å². The molecule has 1 aliphatic rings. The standard InChI is InChI=1S/C23H27N7O/c1-15-12-27-30(21(15)11-19(25-3)20-14-26-13-16(2)28-20)22-8-5-9-23(29-22)31-18-7-4-6-17(24)10-18/h5,8-9,11-14,17-18H,1,4,6-7,10,24H2,2-3H3/b21-11+,25-19?. The van der Waals surface area contributed by atoms with Gasteiger partial charge in [0.1, 0.15) is 11.8 Å². The maximum absolute atomic E-state index is 6.12. The first kappa shape index (κ1) is 20.9. The molecule has 0 aliphatic heterocycles. The van der Waals surface area contributed by atoms with Crippen molar-refractivity contribution in [2.45, 2.75) is 44.8 Å². The van der Waals surface area contributed by atoms with Gasteiger partial charge in [0.25, 0.3) is 0 Å². The minimum Gasteiger partial charge on any atom is -0.474 e. The third-order valence-electron chi connectivity index (χ3n) is 5.30. The van der Waals surface area contributed by atoms with E-state index in [9.17, 15) is 0 Å². The molecule has 31 heavy (non-hydrogen) atoms. The maximum atomic E-state index is 6.12. The van der Waals surface area contributed by atoms with Crippen molar-refractivity contribution in [2.75, 3.05) is 7.05 Å². The van der Waals surface area contributed by atoms with Crippen LogP contribution in [-0.2, 0) is 0 Å². The van der Waals surface area contributed by atoms with Crippen LogP contribution in [-0.4, -0.2) is 49.6 Å². The van der Waals surface area contributed by atoms with Gasteiger partial charge in [-0.1, -0.05) is 12.6 Å². The third-order valence-corrected chi connectivity index (χ3v) is 5.30. The van der Waals surface area contributed by atoms with E-state index >= 15 is 0 Å². The van der Waals surface area contributed by atoms with E-state index in [1.165, 1.54) is 0 Å². The summed E-state index contributed by atoms with van der Waals surface area (Å²) in [7, 11) is 1.72. The number of hydrogen-bond acceptors (Lipinski definition) is 7. The van der Waals surface area contributed by atoms with Crippen molar-refractivity contribution in [1.29, 1.82) is 0 Å². The Kier molecular flexibility index (Phi) is 6.18. The summed E-state index contributed by atoms with van der Waals surface area (Å²) in [4.78, 5) is 17.8. The van der Waals surface area contributed by atoms with Crippen molar-refractivity contribution in [3.05, 3.63) is 58.7 Å². The fraction of sp³-hybridized carbons (Fsp3) is 0.348. The first-order valence-electron chi connectivity index (χ1n) is 10.4. The van der Waals surface area contributed by atoms with Crippen LogP contribution in [0.15, 0.2) is 41.8 Å². The second-order valence-electron chi connectivity index (χ2n) is 7.77. The predicted octanol–water partition coefficient (Wildman–Crippen LogP) is 1.32. The number of ether oxygens (including phenoxy) is 1. The number of aromatic nitrogens is 5. The van der Waals surface area contributed by atoms with Gasteiger partial charge in [-0.3, -0.25) is 9.98 Å². The van der Waals surface area contributed by atoms with Crippen LogP contribution in [0.25, 0.3) is 18.5 Å². The molecule has 0 spiro atoms. The first-order chi connectivity index (χ1) is 15.0. The molecule has 2 atom stereocenters. The van der Waals surface area contributed by atoms with Gasteiger partial charge in [-0.05, 0) is 44.7 Å². The minimum absolute atomic E-state index is 0.0947. The zero-order valence-electron chi connectivity index (χ0n) is 17.9. The number of pyridine rings is 1. The Morgan fingerprint density at radius 1 is 1.26 bits per heavy atom. The summed E-state index contributed by atoms with van der Waals surface area (Å²) in [6.45, 7) is 6.01. The molecule has 1 saturated carbocycles. The van der Waals surface area contributed by atoms with Crippen LogP contribution in [0.1, 0.15) is 37.1 Å². The third kappa shape index (κ3) is 4.86. The number of aliphatic imine (C=N–C) groups is 1. The second-order valence-corrected chi connectivity index (χ2v) is 7.77. The molecule has 2 N–H and O–H groups in total. The van der Waals surface area contributed by atoms with Crippen LogP contribution in [0, 0.1) is 6.92 Å². The van der Waals surface area contributed by atoms with E-state index in [1.54, 1.807) is 30.3 Å². The van der Waals surface area contributed by atoms with E-state index < -0.39 is 0 Å². The molecule has 1 aliphatic carbocycles. The lowest BCUT2D eigenvalue weighted by Crippen LogP contribution is -2.34. The van der Waals surface area contributed by atoms with Crippen molar-refractivity contribution in [3.8, 4) is 11.7 Å². The number of nitrogens with zero attached hydrogens (tertiary/aromatic N) is 6. The van der Waals surface area contributed by atoms with E-state index in [-0.39, 0.29) is 12.1 Å². The number of rotatable bonds is 5. The van der Waals surface area contributed by atoms with Crippen LogP contribution in [0.3, 0.4) is 0 Å². The smallest absolute Gasteiger partial charge is 0.215 e. The summed E-state index contributed by atoms with van der Waals surface area (Å²) in [5.74, 6) is 1.21. The van der Waals surface area contributed by atoms with Crippen LogP contribution in [0.2, 0.25) is 0 Å². The SMILES string of the molecule is C=c1cnn(-c2cccc(OC3CCCC(N)C3)n2)/c1=C/C(=NC)c1cncc(C)n1. The normalized spacial score (nSPS) is 20.1. The van der Waals surface area contributed by atoms with E-state index in [0.29, 0.717) is 23.1 Å². The highest BCUT2D eigenvalue weighted by Gasteiger charge is 2.21. The summed E-state index contributed by atoms with van der Waals surface area (Å²) in [6.07, 6.45) is 11.1. The van der Waals surface area contributed by atoms with Gasteiger partial charge in [0.15, 0.2) is 5.82 Å². The Hall–Kier alpha value is -3.39. The largest absolute Gasteiger partial charge is 0.474 e. The molecule has 0 aromatic carbocycles. The van der Waals surface area contributed by atoms with E-state index in [4.69, 9.17) is 10.5 Å². The van der Waals surface area contributed by atoms with Gasteiger partial charge < -0.3 is 10.5 Å². The maximum Gasteiger partial charge on any atom is 0.215 e. The molecule has 1 fully saturated rings. The summed E-state index contributed by atoms with van der Waals surface area (Å²) in [5, 5.41) is 6.01. The van der Waals surface area contributed by atoms with Crippen molar-refractivity contribution < 1.29 is 4.74 Å². The molecule has 3 aromatic heterocycles. The van der Waals surface area contributed by atoms with Crippen LogP contribution in [0.4, 0.5) is 0 Å². The molecule has 8 heteroatoms. The number of nitrogens with two attached hydrogens (primary N) is 1. The van der Waals surface area contributed by atoms with Crippen molar-refractivity contribution >= 4 is 18.4 Å². The molecule has 4 rings (SSSR count).